The largest absolute Gasteiger partial charge is 0.497 e. The van der Waals surface area contributed by atoms with Crippen LogP contribution in [0, 0.1) is 10.1 Å². The molecule has 3 rings (SSSR count). The van der Waals surface area contributed by atoms with Gasteiger partial charge in [-0.05, 0) is 37.3 Å². The maximum Gasteiger partial charge on any atom is 0.340 e. The van der Waals surface area contributed by atoms with Crippen LogP contribution in [-0.4, -0.2) is 28.2 Å². The number of esters is 1. The van der Waals surface area contributed by atoms with Crippen molar-refractivity contribution in [1.29, 1.82) is 0 Å². The first kappa shape index (κ1) is 19.3. The molecule has 1 atom stereocenters. The molecule has 0 amide bonds. The number of nitro benzene ring substituents is 1. The lowest BCUT2D eigenvalue weighted by Crippen LogP contribution is -2.10. The molecule has 0 N–H and O–H groups in total. The second-order valence-corrected chi connectivity index (χ2v) is 6.05. The van der Waals surface area contributed by atoms with Crippen molar-refractivity contribution in [3.8, 4) is 17.2 Å². The molecular weight excluding hydrogens is 390 g/mol. The molecule has 2 aromatic carbocycles. The van der Waals surface area contributed by atoms with E-state index in [1.165, 1.54) is 12.1 Å². The van der Waals surface area contributed by atoms with Gasteiger partial charge in [-0.1, -0.05) is 11.6 Å². The minimum atomic E-state index is -0.849. The predicted octanol–water partition coefficient (Wildman–Crippen LogP) is 4.22. The van der Waals surface area contributed by atoms with Crippen LogP contribution in [0.4, 0.5) is 5.69 Å². The van der Waals surface area contributed by atoms with Gasteiger partial charge in [0.2, 0.25) is 5.89 Å². The minimum absolute atomic E-state index is 0.00555. The number of nitro groups is 1. The molecule has 0 aliphatic rings. The van der Waals surface area contributed by atoms with Gasteiger partial charge in [-0.25, -0.2) is 4.79 Å². The van der Waals surface area contributed by atoms with Crippen molar-refractivity contribution in [1.82, 2.24) is 10.2 Å². The van der Waals surface area contributed by atoms with Gasteiger partial charge in [0.15, 0.2) is 6.10 Å². The van der Waals surface area contributed by atoms with Crippen LogP contribution in [0.25, 0.3) is 11.5 Å². The van der Waals surface area contributed by atoms with Crippen LogP contribution in [0.2, 0.25) is 5.02 Å². The average Bonchev–Trinajstić information content (AvgIpc) is 3.18. The third kappa shape index (κ3) is 4.09. The molecule has 1 aromatic heterocycles. The Balaban J connectivity index is 1.72. The van der Waals surface area contributed by atoms with E-state index in [2.05, 4.69) is 10.2 Å². The fraction of sp³-hybridized carbons (Fsp3) is 0.167. The summed E-state index contributed by atoms with van der Waals surface area (Å²) in [7, 11) is 1.56. The molecule has 0 unspecified atom stereocenters. The molecule has 0 radical (unpaired) electrons. The fourth-order valence-corrected chi connectivity index (χ4v) is 2.56. The molecule has 0 fully saturated rings. The van der Waals surface area contributed by atoms with E-state index in [9.17, 15) is 14.9 Å². The Hall–Kier alpha value is -3.46. The zero-order valence-corrected chi connectivity index (χ0v) is 15.5. The molecule has 0 spiro atoms. The SMILES string of the molecule is COc1ccc(-c2nnc([C@H](C)OC(=O)c3ccc([N+](=O)[O-])cc3Cl)o2)cc1. The van der Waals surface area contributed by atoms with Crippen molar-refractivity contribution in [2.75, 3.05) is 7.11 Å². The van der Waals surface area contributed by atoms with Crippen molar-refractivity contribution in [3.05, 3.63) is 69.1 Å². The molecule has 0 saturated heterocycles. The number of methoxy groups -OCH3 is 1. The molecule has 3 aromatic rings. The lowest BCUT2D eigenvalue weighted by Gasteiger charge is -2.10. The van der Waals surface area contributed by atoms with Gasteiger partial charge in [-0.15, -0.1) is 10.2 Å². The maximum atomic E-state index is 12.3. The number of non-ortho nitro benzene ring substituents is 1. The number of aromatic nitrogens is 2. The molecule has 0 bridgehead atoms. The van der Waals surface area contributed by atoms with Crippen LogP contribution in [0.15, 0.2) is 46.9 Å². The fourth-order valence-electron chi connectivity index (χ4n) is 2.31. The first-order valence-corrected chi connectivity index (χ1v) is 8.39. The molecular formula is C18H14ClN3O6. The Morgan fingerprint density at radius 2 is 1.93 bits per heavy atom. The van der Waals surface area contributed by atoms with Crippen molar-refractivity contribution >= 4 is 23.3 Å². The summed E-state index contributed by atoms with van der Waals surface area (Å²) in [5.74, 6) is 0.272. The number of benzene rings is 2. The summed E-state index contributed by atoms with van der Waals surface area (Å²) in [6.45, 7) is 1.56. The van der Waals surface area contributed by atoms with E-state index in [0.29, 0.717) is 11.3 Å². The first-order chi connectivity index (χ1) is 13.4. The van der Waals surface area contributed by atoms with Crippen LogP contribution >= 0.6 is 11.6 Å². The standard InChI is InChI=1S/C18H14ClN3O6/c1-10(27-18(23)14-8-5-12(22(24)25)9-15(14)19)16-20-21-17(28-16)11-3-6-13(26-2)7-4-11/h3-10H,1-2H3/t10-/m0/s1. The van der Waals surface area contributed by atoms with Crippen LogP contribution in [0.5, 0.6) is 5.75 Å². The second-order valence-electron chi connectivity index (χ2n) is 5.64. The number of hydrogen-bond acceptors (Lipinski definition) is 8. The summed E-state index contributed by atoms with van der Waals surface area (Å²) < 4.78 is 15.9. The first-order valence-electron chi connectivity index (χ1n) is 8.01. The van der Waals surface area contributed by atoms with Crippen LogP contribution in [0.1, 0.15) is 29.3 Å². The third-order valence-corrected chi connectivity index (χ3v) is 4.11. The van der Waals surface area contributed by atoms with E-state index in [0.717, 1.165) is 6.07 Å². The molecule has 144 valence electrons. The summed E-state index contributed by atoms with van der Waals surface area (Å²) >= 11 is 5.94. The highest BCUT2D eigenvalue weighted by atomic mass is 35.5. The number of rotatable bonds is 6. The lowest BCUT2D eigenvalue weighted by molar-refractivity contribution is -0.384. The monoisotopic (exact) mass is 403 g/mol. The van der Waals surface area contributed by atoms with Crippen molar-refractivity contribution < 1.29 is 23.6 Å². The normalized spacial score (nSPS) is 11.7. The molecule has 0 aliphatic carbocycles. The molecule has 0 saturated carbocycles. The van der Waals surface area contributed by atoms with Crippen LogP contribution in [-0.2, 0) is 4.74 Å². The van der Waals surface area contributed by atoms with Gasteiger partial charge in [0.05, 0.1) is 22.6 Å². The van der Waals surface area contributed by atoms with Crippen molar-refractivity contribution in [2.45, 2.75) is 13.0 Å². The number of nitrogens with zero attached hydrogens (tertiary/aromatic N) is 3. The minimum Gasteiger partial charge on any atom is -0.497 e. The lowest BCUT2D eigenvalue weighted by atomic mass is 10.2. The predicted molar refractivity (Wildman–Crippen MR) is 98.2 cm³/mol. The summed E-state index contributed by atoms with van der Waals surface area (Å²) in [6, 6.07) is 10.5. The van der Waals surface area contributed by atoms with E-state index >= 15 is 0 Å². The highest BCUT2D eigenvalue weighted by Crippen LogP contribution is 2.27. The summed E-state index contributed by atoms with van der Waals surface area (Å²) in [5.41, 5.74) is 0.445. The van der Waals surface area contributed by atoms with E-state index in [1.807, 2.05) is 0 Å². The van der Waals surface area contributed by atoms with Gasteiger partial charge in [0.25, 0.3) is 11.6 Å². The maximum absolute atomic E-state index is 12.3. The Kier molecular flexibility index (Phi) is 5.55. The molecule has 10 heteroatoms. The van der Waals surface area contributed by atoms with E-state index in [4.69, 9.17) is 25.5 Å². The smallest absolute Gasteiger partial charge is 0.340 e. The Morgan fingerprint density at radius 3 is 2.54 bits per heavy atom. The molecule has 28 heavy (non-hydrogen) atoms. The Labute approximate surface area is 164 Å². The number of carbonyl (C=O) groups is 1. The van der Waals surface area contributed by atoms with Gasteiger partial charge < -0.3 is 13.9 Å². The van der Waals surface area contributed by atoms with E-state index in [-0.39, 0.29) is 28.1 Å². The number of halogens is 1. The third-order valence-electron chi connectivity index (χ3n) is 3.79. The zero-order chi connectivity index (χ0) is 20.3. The van der Waals surface area contributed by atoms with Crippen LogP contribution < -0.4 is 4.74 Å². The highest BCUT2D eigenvalue weighted by Gasteiger charge is 2.22. The highest BCUT2D eigenvalue weighted by molar-refractivity contribution is 6.33. The van der Waals surface area contributed by atoms with Gasteiger partial charge in [-0.2, -0.15) is 0 Å². The van der Waals surface area contributed by atoms with Crippen molar-refractivity contribution in [2.24, 2.45) is 0 Å². The molecule has 1 heterocycles. The zero-order valence-electron chi connectivity index (χ0n) is 14.8. The summed E-state index contributed by atoms with van der Waals surface area (Å²) in [4.78, 5) is 22.4. The average molecular weight is 404 g/mol. The number of carbonyl (C=O) groups excluding carboxylic acids is 1. The van der Waals surface area contributed by atoms with Crippen molar-refractivity contribution in [3.63, 3.8) is 0 Å². The summed E-state index contributed by atoms with van der Waals surface area (Å²) in [5, 5.41) is 18.5. The number of hydrogen-bond donors (Lipinski definition) is 0. The summed E-state index contributed by atoms with van der Waals surface area (Å²) in [6.07, 6.45) is -0.849. The molecule has 0 aliphatic heterocycles. The topological polar surface area (TPSA) is 118 Å². The Morgan fingerprint density at radius 1 is 1.21 bits per heavy atom. The number of ether oxygens (including phenoxy) is 2. The van der Waals surface area contributed by atoms with E-state index < -0.39 is 17.0 Å². The van der Waals surface area contributed by atoms with Gasteiger partial charge in [0.1, 0.15) is 5.75 Å². The second kappa shape index (κ2) is 8.05. The van der Waals surface area contributed by atoms with Gasteiger partial charge in [-0.3, -0.25) is 10.1 Å². The Bertz CT molecular complexity index is 1020. The van der Waals surface area contributed by atoms with Gasteiger partial charge in [0, 0.05) is 17.7 Å². The van der Waals surface area contributed by atoms with Gasteiger partial charge >= 0.3 is 5.97 Å². The van der Waals surface area contributed by atoms with Crippen LogP contribution in [0.3, 0.4) is 0 Å². The van der Waals surface area contributed by atoms with E-state index in [1.54, 1.807) is 38.3 Å². The quantitative estimate of drug-likeness (QED) is 0.341. The molecule has 9 nitrogen and oxygen atoms in total.